The van der Waals surface area contributed by atoms with Crippen molar-refractivity contribution in [2.45, 2.75) is 46.2 Å². The van der Waals surface area contributed by atoms with Gasteiger partial charge in [-0.3, -0.25) is 4.98 Å². The molecular formula is C15H27N3. The lowest BCUT2D eigenvalue weighted by atomic mass is 10.2. The van der Waals surface area contributed by atoms with Gasteiger partial charge in [0.25, 0.3) is 0 Å². The number of hydrogen-bond donors (Lipinski definition) is 1. The van der Waals surface area contributed by atoms with Crippen molar-refractivity contribution in [2.75, 3.05) is 20.1 Å². The maximum absolute atomic E-state index is 4.69. The Labute approximate surface area is 112 Å². The molecule has 1 aromatic rings. The third-order valence-electron chi connectivity index (χ3n) is 2.92. The van der Waals surface area contributed by atoms with E-state index in [0.29, 0.717) is 0 Å². The normalized spacial score (nSPS) is 11.1. The fraction of sp³-hybridized carbons (Fsp3) is 0.667. The zero-order valence-electron chi connectivity index (χ0n) is 12.1. The Bertz CT molecular complexity index is 325. The maximum Gasteiger partial charge on any atom is 0.0547 e. The van der Waals surface area contributed by atoms with Crippen LogP contribution < -0.4 is 5.32 Å². The lowest BCUT2D eigenvalue weighted by molar-refractivity contribution is 0.316. The molecule has 0 radical (unpaired) electrons. The fourth-order valence-corrected chi connectivity index (χ4v) is 1.89. The molecule has 0 saturated heterocycles. The van der Waals surface area contributed by atoms with Crippen molar-refractivity contribution in [3.8, 4) is 0 Å². The molecule has 0 saturated carbocycles. The molecule has 0 aliphatic heterocycles. The van der Waals surface area contributed by atoms with Crippen molar-refractivity contribution in [3.63, 3.8) is 0 Å². The summed E-state index contributed by atoms with van der Waals surface area (Å²) in [6, 6.07) is 6.32. The van der Waals surface area contributed by atoms with Gasteiger partial charge in [0.1, 0.15) is 0 Å². The fourth-order valence-electron chi connectivity index (χ4n) is 1.89. The Kier molecular flexibility index (Phi) is 7.62. The van der Waals surface area contributed by atoms with E-state index in [0.717, 1.165) is 31.9 Å². The highest BCUT2D eigenvalue weighted by molar-refractivity contribution is 5.11. The Balaban J connectivity index is 2.43. The molecule has 0 atom stereocenters. The molecule has 0 bridgehead atoms. The third-order valence-corrected chi connectivity index (χ3v) is 2.92. The number of aromatic nitrogens is 1. The Hall–Kier alpha value is -0.930. The molecule has 1 N–H and O–H groups in total. The van der Waals surface area contributed by atoms with E-state index in [2.05, 4.69) is 54.3 Å². The SMILES string of the molecule is CCCCN(C)Cc1cccc(CNCCC)n1. The van der Waals surface area contributed by atoms with Crippen LogP contribution in [0.4, 0.5) is 0 Å². The van der Waals surface area contributed by atoms with Gasteiger partial charge in [0, 0.05) is 13.1 Å². The minimum atomic E-state index is 0.875. The quantitative estimate of drug-likeness (QED) is 0.682. The largest absolute Gasteiger partial charge is 0.311 e. The molecule has 0 amide bonds. The molecule has 3 heteroatoms. The van der Waals surface area contributed by atoms with Crippen LogP contribution in [-0.2, 0) is 13.1 Å². The Morgan fingerprint density at radius 3 is 2.67 bits per heavy atom. The average Bonchev–Trinajstić information content (AvgIpc) is 2.37. The molecule has 0 fully saturated rings. The van der Waals surface area contributed by atoms with Crippen LogP contribution in [0.5, 0.6) is 0 Å². The number of nitrogens with zero attached hydrogens (tertiary/aromatic N) is 2. The highest BCUT2D eigenvalue weighted by Gasteiger charge is 2.02. The van der Waals surface area contributed by atoms with E-state index in [9.17, 15) is 0 Å². The lowest BCUT2D eigenvalue weighted by Crippen LogP contribution is -2.20. The van der Waals surface area contributed by atoms with Crippen LogP contribution >= 0.6 is 0 Å². The van der Waals surface area contributed by atoms with Crippen LogP contribution in [0.3, 0.4) is 0 Å². The van der Waals surface area contributed by atoms with Crippen LogP contribution in [0, 0.1) is 0 Å². The zero-order chi connectivity index (χ0) is 13.2. The number of hydrogen-bond acceptors (Lipinski definition) is 3. The van der Waals surface area contributed by atoms with E-state index in [4.69, 9.17) is 0 Å². The molecule has 1 aromatic heterocycles. The first-order valence-electron chi connectivity index (χ1n) is 7.10. The molecule has 0 aromatic carbocycles. The summed E-state index contributed by atoms with van der Waals surface area (Å²) in [7, 11) is 2.17. The number of rotatable bonds is 9. The van der Waals surface area contributed by atoms with Crippen LogP contribution in [0.25, 0.3) is 0 Å². The van der Waals surface area contributed by atoms with Gasteiger partial charge in [0.15, 0.2) is 0 Å². The standard InChI is InChI=1S/C15H27N3/c1-4-6-11-18(3)13-15-9-7-8-14(17-15)12-16-10-5-2/h7-9,16H,4-6,10-13H2,1-3H3. The van der Waals surface area contributed by atoms with Gasteiger partial charge in [0.05, 0.1) is 11.4 Å². The Morgan fingerprint density at radius 2 is 1.94 bits per heavy atom. The minimum Gasteiger partial charge on any atom is -0.311 e. The van der Waals surface area contributed by atoms with Gasteiger partial charge in [-0.25, -0.2) is 0 Å². The molecule has 102 valence electrons. The van der Waals surface area contributed by atoms with Crippen molar-refractivity contribution in [1.82, 2.24) is 15.2 Å². The van der Waals surface area contributed by atoms with Crippen molar-refractivity contribution in [2.24, 2.45) is 0 Å². The summed E-state index contributed by atoms with van der Waals surface area (Å²) in [6.07, 6.45) is 3.67. The number of unbranched alkanes of at least 4 members (excludes halogenated alkanes) is 1. The van der Waals surface area contributed by atoms with Gasteiger partial charge in [-0.15, -0.1) is 0 Å². The first-order valence-corrected chi connectivity index (χ1v) is 7.10. The van der Waals surface area contributed by atoms with Crippen LogP contribution in [0.1, 0.15) is 44.5 Å². The number of pyridine rings is 1. The van der Waals surface area contributed by atoms with E-state index in [1.165, 1.54) is 25.0 Å². The second-order valence-corrected chi connectivity index (χ2v) is 4.89. The maximum atomic E-state index is 4.69. The summed E-state index contributed by atoms with van der Waals surface area (Å²) in [5.74, 6) is 0. The van der Waals surface area contributed by atoms with E-state index in [1.54, 1.807) is 0 Å². The van der Waals surface area contributed by atoms with Crippen molar-refractivity contribution in [3.05, 3.63) is 29.6 Å². The molecule has 18 heavy (non-hydrogen) atoms. The van der Waals surface area contributed by atoms with Crippen LogP contribution in [0.2, 0.25) is 0 Å². The summed E-state index contributed by atoms with van der Waals surface area (Å²) in [6.45, 7) is 8.44. The summed E-state index contributed by atoms with van der Waals surface area (Å²) in [5, 5.41) is 3.39. The van der Waals surface area contributed by atoms with Crippen molar-refractivity contribution in [1.29, 1.82) is 0 Å². The van der Waals surface area contributed by atoms with Gasteiger partial charge < -0.3 is 10.2 Å². The summed E-state index contributed by atoms with van der Waals surface area (Å²) in [5.41, 5.74) is 2.31. The average molecular weight is 249 g/mol. The third kappa shape index (κ3) is 6.12. The van der Waals surface area contributed by atoms with Gasteiger partial charge in [0.2, 0.25) is 0 Å². The lowest BCUT2D eigenvalue weighted by Gasteiger charge is -2.16. The van der Waals surface area contributed by atoms with Gasteiger partial charge in [-0.2, -0.15) is 0 Å². The summed E-state index contributed by atoms with van der Waals surface area (Å²) >= 11 is 0. The molecule has 0 aliphatic carbocycles. The Morgan fingerprint density at radius 1 is 1.17 bits per heavy atom. The molecule has 3 nitrogen and oxygen atoms in total. The first-order chi connectivity index (χ1) is 8.76. The topological polar surface area (TPSA) is 28.2 Å². The predicted molar refractivity (Wildman–Crippen MR) is 77.5 cm³/mol. The van der Waals surface area contributed by atoms with Gasteiger partial charge in [-0.05, 0) is 45.1 Å². The first kappa shape index (κ1) is 15.1. The van der Waals surface area contributed by atoms with Gasteiger partial charge >= 0.3 is 0 Å². The zero-order valence-corrected chi connectivity index (χ0v) is 12.1. The number of nitrogens with one attached hydrogen (secondary N) is 1. The molecule has 0 unspecified atom stereocenters. The van der Waals surface area contributed by atoms with Gasteiger partial charge in [-0.1, -0.05) is 26.3 Å². The minimum absolute atomic E-state index is 0.875. The van der Waals surface area contributed by atoms with E-state index in [-0.39, 0.29) is 0 Å². The van der Waals surface area contributed by atoms with E-state index >= 15 is 0 Å². The van der Waals surface area contributed by atoms with E-state index in [1.807, 2.05) is 0 Å². The highest BCUT2D eigenvalue weighted by atomic mass is 15.1. The smallest absolute Gasteiger partial charge is 0.0547 e. The molecule has 0 aliphatic rings. The van der Waals surface area contributed by atoms with Crippen LogP contribution in [0.15, 0.2) is 18.2 Å². The molecule has 0 spiro atoms. The molecular weight excluding hydrogens is 222 g/mol. The molecule has 1 rings (SSSR count). The highest BCUT2D eigenvalue weighted by Crippen LogP contribution is 2.03. The second kappa shape index (κ2) is 9.06. The summed E-state index contributed by atoms with van der Waals surface area (Å²) in [4.78, 5) is 7.03. The monoisotopic (exact) mass is 249 g/mol. The molecule has 1 heterocycles. The summed E-state index contributed by atoms with van der Waals surface area (Å²) < 4.78 is 0. The van der Waals surface area contributed by atoms with E-state index < -0.39 is 0 Å². The van der Waals surface area contributed by atoms with Crippen molar-refractivity contribution >= 4 is 0 Å². The van der Waals surface area contributed by atoms with Crippen molar-refractivity contribution < 1.29 is 0 Å². The predicted octanol–water partition coefficient (Wildman–Crippen LogP) is 2.81. The second-order valence-electron chi connectivity index (χ2n) is 4.89. The van der Waals surface area contributed by atoms with Crippen LogP contribution in [-0.4, -0.2) is 30.0 Å².